The summed E-state index contributed by atoms with van der Waals surface area (Å²) in [5.74, 6) is 0.591. The number of hydrogen-bond donors (Lipinski definition) is 2. The Hall–Kier alpha value is -2.38. The predicted octanol–water partition coefficient (Wildman–Crippen LogP) is 2.32. The Morgan fingerprint density at radius 1 is 1.30 bits per heavy atom. The Kier molecular flexibility index (Phi) is 6.47. The summed E-state index contributed by atoms with van der Waals surface area (Å²) >= 11 is 0. The molecule has 3 unspecified atom stereocenters. The lowest BCUT2D eigenvalue weighted by Crippen LogP contribution is -2.38. The van der Waals surface area contributed by atoms with Crippen molar-refractivity contribution in [1.29, 1.82) is 0 Å². The maximum absolute atomic E-state index is 12.6. The first-order valence-electron chi connectivity index (χ1n) is 9.36. The van der Waals surface area contributed by atoms with Crippen molar-refractivity contribution in [1.82, 2.24) is 20.4 Å². The summed E-state index contributed by atoms with van der Waals surface area (Å²) in [4.78, 5) is 12.6. The molecule has 3 rings (SSSR count). The quantitative estimate of drug-likeness (QED) is 0.780. The van der Waals surface area contributed by atoms with Crippen LogP contribution in [0.4, 0.5) is 0 Å². The van der Waals surface area contributed by atoms with Crippen LogP contribution in [0.5, 0.6) is 5.75 Å². The Morgan fingerprint density at radius 3 is 2.70 bits per heavy atom. The Labute approximate surface area is 160 Å². The molecule has 0 bridgehead atoms. The van der Waals surface area contributed by atoms with Gasteiger partial charge in [-0.3, -0.25) is 9.48 Å². The molecule has 0 aliphatic carbocycles. The third kappa shape index (κ3) is 4.67. The minimum absolute atomic E-state index is 0.194. The van der Waals surface area contributed by atoms with E-state index >= 15 is 0 Å². The second-order valence-electron chi connectivity index (χ2n) is 6.87. The first kappa shape index (κ1) is 19.4. The van der Waals surface area contributed by atoms with E-state index < -0.39 is 0 Å². The highest BCUT2D eigenvalue weighted by atomic mass is 16.5. The zero-order chi connectivity index (χ0) is 19.2. The van der Waals surface area contributed by atoms with Gasteiger partial charge < -0.3 is 20.1 Å². The van der Waals surface area contributed by atoms with E-state index in [1.807, 2.05) is 42.1 Å². The number of methoxy groups -OCH3 is 2. The largest absolute Gasteiger partial charge is 0.497 e. The van der Waals surface area contributed by atoms with E-state index in [0.717, 1.165) is 37.2 Å². The van der Waals surface area contributed by atoms with Gasteiger partial charge in [0, 0.05) is 19.9 Å². The zero-order valence-corrected chi connectivity index (χ0v) is 16.1. The molecule has 0 radical (unpaired) electrons. The third-order valence-corrected chi connectivity index (χ3v) is 5.00. The van der Waals surface area contributed by atoms with Crippen molar-refractivity contribution >= 4 is 5.91 Å². The molecule has 1 aromatic heterocycles. The number of carbonyl (C=O) groups is 1. The summed E-state index contributed by atoms with van der Waals surface area (Å²) in [5.41, 5.74) is 1.40. The van der Waals surface area contributed by atoms with E-state index in [1.54, 1.807) is 20.3 Å². The molecule has 7 nitrogen and oxygen atoms in total. The molecule has 1 saturated heterocycles. The van der Waals surface area contributed by atoms with Gasteiger partial charge >= 0.3 is 0 Å². The summed E-state index contributed by atoms with van der Waals surface area (Å²) in [7, 11) is 3.27. The lowest BCUT2D eigenvalue weighted by Gasteiger charge is -2.24. The molecule has 0 spiro atoms. The van der Waals surface area contributed by atoms with E-state index in [0.29, 0.717) is 11.7 Å². The van der Waals surface area contributed by atoms with Gasteiger partial charge in [0.1, 0.15) is 17.5 Å². The van der Waals surface area contributed by atoms with Gasteiger partial charge in [0.05, 0.1) is 19.2 Å². The summed E-state index contributed by atoms with van der Waals surface area (Å²) in [6, 6.07) is 9.53. The molecule has 1 amide bonds. The van der Waals surface area contributed by atoms with Crippen molar-refractivity contribution in [2.75, 3.05) is 27.3 Å². The molecule has 1 aromatic carbocycles. The topological polar surface area (TPSA) is 77.4 Å². The number of nitrogens with one attached hydrogen (secondary N) is 2. The van der Waals surface area contributed by atoms with Gasteiger partial charge in [-0.15, -0.1) is 0 Å². The molecule has 1 aliphatic rings. The molecule has 2 aromatic rings. The van der Waals surface area contributed by atoms with Crippen molar-refractivity contribution in [3.8, 4) is 5.75 Å². The molecular weight excluding hydrogens is 344 g/mol. The van der Waals surface area contributed by atoms with Crippen LogP contribution in [0, 0.1) is 0 Å². The van der Waals surface area contributed by atoms with Crippen molar-refractivity contribution < 1.29 is 14.3 Å². The van der Waals surface area contributed by atoms with E-state index in [1.165, 1.54) is 0 Å². The highest BCUT2D eigenvalue weighted by Gasteiger charge is 2.23. The van der Waals surface area contributed by atoms with Crippen molar-refractivity contribution in [3.63, 3.8) is 0 Å². The monoisotopic (exact) mass is 372 g/mol. The normalized spacial score (nSPS) is 19.3. The summed E-state index contributed by atoms with van der Waals surface area (Å²) < 4.78 is 12.7. The van der Waals surface area contributed by atoms with Gasteiger partial charge in [0.2, 0.25) is 0 Å². The van der Waals surface area contributed by atoms with Crippen molar-refractivity contribution in [2.45, 2.75) is 38.0 Å². The first-order chi connectivity index (χ1) is 13.1. The summed E-state index contributed by atoms with van der Waals surface area (Å²) in [6.45, 7) is 3.87. The standard InChI is InChI=1S/C20H28N4O3/c1-14(19(27-3)15-6-8-17(26-2)9-7-15)22-20(25)18-10-12-24(23-18)16-5-4-11-21-13-16/h6-10,12,14,16,19,21H,4-5,11,13H2,1-3H3,(H,22,25). The van der Waals surface area contributed by atoms with Gasteiger partial charge in [-0.1, -0.05) is 12.1 Å². The first-order valence-corrected chi connectivity index (χ1v) is 9.36. The Balaban J connectivity index is 1.64. The van der Waals surface area contributed by atoms with Crippen LogP contribution in [0.2, 0.25) is 0 Å². The number of benzene rings is 1. The van der Waals surface area contributed by atoms with Crippen LogP contribution in [-0.2, 0) is 4.74 Å². The molecule has 146 valence electrons. The maximum atomic E-state index is 12.6. The number of piperidine rings is 1. The molecule has 7 heteroatoms. The highest BCUT2D eigenvalue weighted by molar-refractivity contribution is 5.92. The summed E-state index contributed by atoms with van der Waals surface area (Å²) in [5, 5.41) is 10.8. The van der Waals surface area contributed by atoms with Gasteiger partial charge in [0.15, 0.2) is 0 Å². The van der Waals surface area contributed by atoms with E-state index in [2.05, 4.69) is 15.7 Å². The van der Waals surface area contributed by atoms with Crippen LogP contribution < -0.4 is 15.4 Å². The molecule has 2 N–H and O–H groups in total. The average Bonchev–Trinajstić information content (AvgIpc) is 3.20. The Morgan fingerprint density at radius 2 is 2.07 bits per heavy atom. The lowest BCUT2D eigenvalue weighted by molar-refractivity contribution is 0.0641. The van der Waals surface area contributed by atoms with Gasteiger partial charge in [-0.25, -0.2) is 0 Å². The number of aromatic nitrogens is 2. The lowest BCUT2D eigenvalue weighted by atomic mass is 10.0. The van der Waals surface area contributed by atoms with E-state index in [4.69, 9.17) is 9.47 Å². The zero-order valence-electron chi connectivity index (χ0n) is 16.1. The van der Waals surface area contributed by atoms with E-state index in [9.17, 15) is 4.79 Å². The number of nitrogens with zero attached hydrogens (tertiary/aromatic N) is 2. The van der Waals surface area contributed by atoms with Crippen molar-refractivity contribution in [2.24, 2.45) is 0 Å². The number of carbonyl (C=O) groups excluding carboxylic acids is 1. The fourth-order valence-corrected chi connectivity index (χ4v) is 3.50. The second kappa shape index (κ2) is 9.01. The minimum atomic E-state index is -0.260. The number of hydrogen-bond acceptors (Lipinski definition) is 5. The molecule has 3 atom stereocenters. The highest BCUT2D eigenvalue weighted by Crippen LogP contribution is 2.23. The van der Waals surface area contributed by atoms with Crippen LogP contribution >= 0.6 is 0 Å². The smallest absolute Gasteiger partial charge is 0.272 e. The molecule has 1 aliphatic heterocycles. The maximum Gasteiger partial charge on any atom is 0.272 e. The molecular formula is C20H28N4O3. The van der Waals surface area contributed by atoms with Crippen LogP contribution in [0.1, 0.15) is 48.0 Å². The minimum Gasteiger partial charge on any atom is -0.497 e. The fourth-order valence-electron chi connectivity index (χ4n) is 3.50. The fraction of sp³-hybridized carbons (Fsp3) is 0.500. The van der Waals surface area contributed by atoms with E-state index in [-0.39, 0.29) is 18.1 Å². The number of ether oxygens (including phenoxy) is 2. The molecule has 0 saturated carbocycles. The summed E-state index contributed by atoms with van der Waals surface area (Å²) in [6.07, 6.45) is 3.83. The number of rotatable bonds is 7. The second-order valence-corrected chi connectivity index (χ2v) is 6.87. The number of amides is 1. The van der Waals surface area contributed by atoms with Crippen LogP contribution in [-0.4, -0.2) is 49.0 Å². The third-order valence-electron chi connectivity index (χ3n) is 5.00. The SMILES string of the molecule is COc1ccc(C(OC)C(C)NC(=O)c2ccn(C3CCCNC3)n2)cc1. The van der Waals surface area contributed by atoms with Crippen LogP contribution in [0.3, 0.4) is 0 Å². The average molecular weight is 372 g/mol. The molecule has 2 heterocycles. The van der Waals surface area contributed by atoms with Crippen LogP contribution in [0.15, 0.2) is 36.5 Å². The molecule has 27 heavy (non-hydrogen) atoms. The van der Waals surface area contributed by atoms with Gasteiger partial charge in [0.25, 0.3) is 5.91 Å². The Bertz CT molecular complexity index is 738. The predicted molar refractivity (Wildman–Crippen MR) is 103 cm³/mol. The van der Waals surface area contributed by atoms with Crippen LogP contribution in [0.25, 0.3) is 0 Å². The van der Waals surface area contributed by atoms with Gasteiger partial charge in [-0.05, 0) is 50.1 Å². The molecule has 1 fully saturated rings. The van der Waals surface area contributed by atoms with Gasteiger partial charge in [-0.2, -0.15) is 5.10 Å². The van der Waals surface area contributed by atoms with Crippen molar-refractivity contribution in [3.05, 3.63) is 47.8 Å².